The van der Waals surface area contributed by atoms with Gasteiger partial charge in [0, 0.05) is 6.54 Å². The summed E-state index contributed by atoms with van der Waals surface area (Å²) in [6.45, 7) is 4.82. The lowest BCUT2D eigenvalue weighted by atomic mass is 10.1. The Morgan fingerprint density at radius 2 is 1.53 bits per heavy atom. The molecule has 15 heavy (non-hydrogen) atoms. The summed E-state index contributed by atoms with van der Waals surface area (Å²) in [5, 5.41) is 0. The second-order valence-corrected chi connectivity index (χ2v) is 4.12. The minimum Gasteiger partial charge on any atom is -0.297 e. The number of rotatable bonds is 10. The van der Waals surface area contributed by atoms with E-state index in [1.54, 1.807) is 6.92 Å². The van der Waals surface area contributed by atoms with Crippen LogP contribution in [0.4, 0.5) is 0 Å². The van der Waals surface area contributed by atoms with Gasteiger partial charge in [-0.05, 0) is 13.3 Å². The predicted octanol–water partition coefficient (Wildman–Crippen LogP) is 3.79. The smallest absolute Gasteiger partial charge is 0.163 e. The molecule has 0 spiro atoms. The van der Waals surface area contributed by atoms with E-state index < -0.39 is 0 Å². The zero-order chi connectivity index (χ0) is 11.4. The van der Waals surface area contributed by atoms with Crippen molar-refractivity contribution in [2.45, 2.75) is 65.2 Å². The molecule has 0 heterocycles. The van der Waals surface area contributed by atoms with Gasteiger partial charge < -0.3 is 0 Å². The van der Waals surface area contributed by atoms with E-state index in [9.17, 15) is 4.79 Å². The zero-order valence-corrected chi connectivity index (χ0v) is 10.3. The Kier molecular flexibility index (Phi) is 10.9. The molecule has 0 aliphatic rings. The summed E-state index contributed by atoms with van der Waals surface area (Å²) in [7, 11) is 0. The fourth-order valence-corrected chi connectivity index (χ4v) is 1.54. The van der Waals surface area contributed by atoms with Gasteiger partial charge in [0.15, 0.2) is 6.29 Å². The van der Waals surface area contributed by atoms with Gasteiger partial charge >= 0.3 is 0 Å². The quantitative estimate of drug-likeness (QED) is 0.307. The van der Waals surface area contributed by atoms with Crippen molar-refractivity contribution >= 4 is 12.0 Å². The molecule has 0 saturated carbocycles. The van der Waals surface area contributed by atoms with Crippen LogP contribution in [0.25, 0.3) is 0 Å². The van der Waals surface area contributed by atoms with E-state index in [-0.39, 0.29) is 0 Å². The van der Waals surface area contributed by atoms with Crippen molar-refractivity contribution in [3.8, 4) is 0 Å². The number of unbranched alkanes of at least 4 members (excludes halogenated alkanes) is 7. The van der Waals surface area contributed by atoms with Gasteiger partial charge in [0.25, 0.3) is 0 Å². The van der Waals surface area contributed by atoms with Crippen LogP contribution in [0.2, 0.25) is 0 Å². The lowest BCUT2D eigenvalue weighted by molar-refractivity contribution is -0.102. The van der Waals surface area contributed by atoms with Gasteiger partial charge in [0.05, 0.1) is 5.71 Å². The second kappa shape index (κ2) is 11.4. The molecule has 2 heteroatoms. The van der Waals surface area contributed by atoms with Gasteiger partial charge in [-0.3, -0.25) is 9.79 Å². The van der Waals surface area contributed by atoms with E-state index in [0.29, 0.717) is 5.71 Å². The van der Waals surface area contributed by atoms with Crippen molar-refractivity contribution in [1.29, 1.82) is 0 Å². The van der Waals surface area contributed by atoms with E-state index in [1.165, 1.54) is 44.9 Å². The molecular weight excluding hydrogens is 186 g/mol. The summed E-state index contributed by atoms with van der Waals surface area (Å²) in [4.78, 5) is 14.4. The van der Waals surface area contributed by atoms with Crippen LogP contribution in [0.1, 0.15) is 65.2 Å². The summed E-state index contributed by atoms with van der Waals surface area (Å²) in [5.41, 5.74) is 0.623. The fraction of sp³-hybridized carbons (Fsp3) is 0.846. The molecule has 0 fully saturated rings. The number of hydrogen-bond donors (Lipinski definition) is 0. The van der Waals surface area contributed by atoms with E-state index in [4.69, 9.17) is 0 Å². The molecule has 0 bridgehead atoms. The Balaban J connectivity index is 3.08. The van der Waals surface area contributed by atoms with Crippen LogP contribution in [0, 0.1) is 0 Å². The van der Waals surface area contributed by atoms with Crippen LogP contribution in [0.15, 0.2) is 4.99 Å². The molecule has 0 rings (SSSR count). The van der Waals surface area contributed by atoms with Crippen LogP contribution in [-0.2, 0) is 4.79 Å². The first-order valence-electron chi connectivity index (χ1n) is 6.27. The van der Waals surface area contributed by atoms with Gasteiger partial charge in [-0.2, -0.15) is 0 Å². The molecule has 0 aromatic heterocycles. The normalized spacial score (nSPS) is 11.7. The minimum absolute atomic E-state index is 0.623. The highest BCUT2D eigenvalue weighted by Gasteiger charge is 1.91. The van der Waals surface area contributed by atoms with E-state index in [1.807, 2.05) is 0 Å². The molecule has 0 amide bonds. The fourth-order valence-electron chi connectivity index (χ4n) is 1.54. The van der Waals surface area contributed by atoms with Crippen molar-refractivity contribution in [3.63, 3.8) is 0 Å². The molecule has 0 aliphatic carbocycles. The van der Waals surface area contributed by atoms with Crippen LogP contribution in [-0.4, -0.2) is 18.5 Å². The van der Waals surface area contributed by atoms with Crippen LogP contribution < -0.4 is 0 Å². The summed E-state index contributed by atoms with van der Waals surface area (Å²) >= 11 is 0. The van der Waals surface area contributed by atoms with Crippen molar-refractivity contribution in [1.82, 2.24) is 0 Å². The van der Waals surface area contributed by atoms with Crippen molar-refractivity contribution in [3.05, 3.63) is 0 Å². The predicted molar refractivity (Wildman–Crippen MR) is 66.7 cm³/mol. The number of aldehydes is 1. The van der Waals surface area contributed by atoms with Gasteiger partial charge in [0.2, 0.25) is 0 Å². The molecule has 0 aromatic rings. The average molecular weight is 211 g/mol. The van der Waals surface area contributed by atoms with Crippen molar-refractivity contribution in [2.75, 3.05) is 6.54 Å². The summed E-state index contributed by atoms with van der Waals surface area (Å²) in [6.07, 6.45) is 11.3. The molecule has 2 nitrogen and oxygen atoms in total. The number of aliphatic imine (C=N–C) groups is 1. The number of carbonyl (C=O) groups excluding carboxylic acids is 1. The molecule has 0 atom stereocenters. The molecule has 0 unspecified atom stereocenters. The Bertz CT molecular complexity index is 175. The number of nitrogens with zero attached hydrogens (tertiary/aromatic N) is 1. The molecule has 88 valence electrons. The van der Waals surface area contributed by atoms with Gasteiger partial charge in [-0.15, -0.1) is 0 Å². The van der Waals surface area contributed by atoms with Crippen LogP contribution in [0.5, 0.6) is 0 Å². The zero-order valence-electron chi connectivity index (χ0n) is 10.3. The summed E-state index contributed by atoms with van der Waals surface area (Å²) < 4.78 is 0. The molecule has 0 aliphatic heterocycles. The van der Waals surface area contributed by atoms with E-state index in [2.05, 4.69) is 11.9 Å². The maximum Gasteiger partial charge on any atom is 0.163 e. The van der Waals surface area contributed by atoms with Gasteiger partial charge in [-0.1, -0.05) is 51.9 Å². The first kappa shape index (κ1) is 14.3. The van der Waals surface area contributed by atoms with Crippen LogP contribution >= 0.6 is 0 Å². The molecule has 0 aromatic carbocycles. The van der Waals surface area contributed by atoms with E-state index >= 15 is 0 Å². The Hall–Kier alpha value is -0.660. The summed E-state index contributed by atoms with van der Waals surface area (Å²) in [5.74, 6) is 0. The number of carbonyl (C=O) groups is 1. The minimum atomic E-state index is 0.623. The monoisotopic (exact) mass is 211 g/mol. The SMILES string of the molecule is CCCCCCCCCC/N=C(\C)C=O. The first-order valence-corrected chi connectivity index (χ1v) is 6.27. The Morgan fingerprint density at radius 3 is 2.07 bits per heavy atom. The van der Waals surface area contributed by atoms with Gasteiger partial charge in [0.1, 0.15) is 0 Å². The highest BCUT2D eigenvalue weighted by molar-refractivity contribution is 6.26. The highest BCUT2D eigenvalue weighted by atomic mass is 16.1. The third-order valence-electron chi connectivity index (χ3n) is 2.54. The Morgan fingerprint density at radius 1 is 1.00 bits per heavy atom. The molecule has 0 saturated heterocycles. The molecular formula is C13H25NO. The lowest BCUT2D eigenvalue weighted by Crippen LogP contribution is -1.94. The molecule has 0 N–H and O–H groups in total. The summed E-state index contributed by atoms with van der Waals surface area (Å²) in [6, 6.07) is 0. The van der Waals surface area contributed by atoms with Crippen molar-refractivity contribution < 1.29 is 4.79 Å². The first-order chi connectivity index (χ1) is 7.31. The lowest BCUT2D eigenvalue weighted by Gasteiger charge is -1.99. The average Bonchev–Trinajstić information content (AvgIpc) is 2.26. The van der Waals surface area contributed by atoms with E-state index in [0.717, 1.165) is 19.3 Å². The third-order valence-corrected chi connectivity index (χ3v) is 2.54. The van der Waals surface area contributed by atoms with Gasteiger partial charge in [-0.25, -0.2) is 0 Å². The third kappa shape index (κ3) is 11.3. The second-order valence-electron chi connectivity index (χ2n) is 4.12. The van der Waals surface area contributed by atoms with Crippen LogP contribution in [0.3, 0.4) is 0 Å². The largest absolute Gasteiger partial charge is 0.297 e. The topological polar surface area (TPSA) is 29.4 Å². The highest BCUT2D eigenvalue weighted by Crippen LogP contribution is 2.08. The number of hydrogen-bond acceptors (Lipinski definition) is 2. The Labute approximate surface area is 94.2 Å². The maximum atomic E-state index is 10.2. The van der Waals surface area contributed by atoms with Crippen molar-refractivity contribution in [2.24, 2.45) is 4.99 Å². The maximum absolute atomic E-state index is 10.2. The molecule has 0 radical (unpaired) electrons. The standard InChI is InChI=1S/C13H25NO/c1-3-4-5-6-7-8-9-10-11-14-13(2)12-15/h12H,3-11H2,1-2H3/b14-13+.